The number of nitrogens with zero attached hydrogens (tertiary/aromatic N) is 1. The molecular formula is C16H18N2O3S. The molecule has 0 bridgehead atoms. The van der Waals surface area contributed by atoms with E-state index < -0.39 is 0 Å². The molecule has 0 saturated carbocycles. The molecule has 2 rings (SSSR count). The molecule has 116 valence electrons. The summed E-state index contributed by atoms with van der Waals surface area (Å²) in [5.74, 6) is 1.05. The highest BCUT2D eigenvalue weighted by molar-refractivity contribution is 7.15. The molecule has 1 aromatic carbocycles. The summed E-state index contributed by atoms with van der Waals surface area (Å²) in [6.07, 6.45) is 3.18. The van der Waals surface area contributed by atoms with Crippen LogP contribution < -0.4 is 14.8 Å². The first-order chi connectivity index (χ1) is 10.5. The molecule has 0 fully saturated rings. The Labute approximate surface area is 133 Å². The fourth-order valence-corrected chi connectivity index (χ4v) is 2.62. The van der Waals surface area contributed by atoms with Gasteiger partial charge >= 0.3 is 0 Å². The van der Waals surface area contributed by atoms with Crippen LogP contribution in [-0.4, -0.2) is 25.1 Å². The van der Waals surface area contributed by atoms with Crippen LogP contribution in [-0.2, 0) is 4.79 Å². The molecule has 0 spiro atoms. The number of hydrogen-bond donors (Lipinski definition) is 1. The number of amides is 1. The van der Waals surface area contributed by atoms with Gasteiger partial charge in [0, 0.05) is 11.0 Å². The van der Waals surface area contributed by atoms with Gasteiger partial charge < -0.3 is 9.47 Å². The number of methoxy groups -OCH3 is 2. The van der Waals surface area contributed by atoms with Crippen LogP contribution in [0, 0.1) is 13.8 Å². The van der Waals surface area contributed by atoms with Crippen molar-refractivity contribution in [2.75, 3.05) is 19.5 Å². The molecule has 0 aliphatic rings. The van der Waals surface area contributed by atoms with E-state index in [2.05, 4.69) is 10.3 Å². The Balaban J connectivity index is 2.06. The average Bonchev–Trinajstić information content (AvgIpc) is 2.82. The number of hydrogen-bond acceptors (Lipinski definition) is 5. The van der Waals surface area contributed by atoms with Gasteiger partial charge in [-0.05, 0) is 37.6 Å². The third-order valence-electron chi connectivity index (χ3n) is 3.09. The number of carbonyl (C=O) groups is 1. The van der Waals surface area contributed by atoms with E-state index in [-0.39, 0.29) is 5.91 Å². The van der Waals surface area contributed by atoms with E-state index in [1.54, 1.807) is 32.4 Å². The molecule has 0 saturated heterocycles. The van der Waals surface area contributed by atoms with Crippen molar-refractivity contribution in [3.05, 3.63) is 40.4 Å². The molecular weight excluding hydrogens is 300 g/mol. The maximum absolute atomic E-state index is 11.9. The fraction of sp³-hybridized carbons (Fsp3) is 0.250. The lowest BCUT2D eigenvalue weighted by Crippen LogP contribution is -2.07. The van der Waals surface area contributed by atoms with Crippen LogP contribution in [0.2, 0.25) is 0 Å². The molecule has 5 nitrogen and oxygen atoms in total. The molecule has 22 heavy (non-hydrogen) atoms. The van der Waals surface area contributed by atoms with E-state index in [0.29, 0.717) is 16.6 Å². The van der Waals surface area contributed by atoms with Crippen LogP contribution in [0.3, 0.4) is 0 Å². The Bertz CT molecular complexity index is 688. The smallest absolute Gasteiger partial charge is 0.250 e. The highest BCUT2D eigenvalue weighted by Gasteiger charge is 2.06. The highest BCUT2D eigenvalue weighted by Crippen LogP contribution is 2.28. The molecule has 1 amide bonds. The molecule has 0 radical (unpaired) electrons. The summed E-state index contributed by atoms with van der Waals surface area (Å²) in [6, 6.07) is 5.45. The standard InChI is InChI=1S/C16H18N2O3S/c1-10-11(2)22-16(17-10)18-15(19)8-6-12-5-7-13(20-3)14(9-12)21-4/h5-9H,1-4H3,(H,17,18,19)/b8-6-. The van der Waals surface area contributed by atoms with E-state index >= 15 is 0 Å². The lowest BCUT2D eigenvalue weighted by molar-refractivity contribution is -0.111. The first-order valence-corrected chi connectivity index (χ1v) is 7.50. The first-order valence-electron chi connectivity index (χ1n) is 6.68. The fourth-order valence-electron chi connectivity index (χ4n) is 1.80. The second-order valence-corrected chi connectivity index (χ2v) is 5.80. The van der Waals surface area contributed by atoms with Crippen LogP contribution >= 0.6 is 11.3 Å². The molecule has 0 aliphatic carbocycles. The molecule has 0 aliphatic heterocycles. The summed E-state index contributed by atoms with van der Waals surface area (Å²) in [6.45, 7) is 3.89. The van der Waals surface area contributed by atoms with E-state index in [4.69, 9.17) is 9.47 Å². The van der Waals surface area contributed by atoms with E-state index in [1.165, 1.54) is 17.4 Å². The van der Waals surface area contributed by atoms with Crippen LogP contribution in [0.5, 0.6) is 11.5 Å². The molecule has 6 heteroatoms. The predicted octanol–water partition coefficient (Wildman–Crippen LogP) is 3.43. The lowest BCUT2D eigenvalue weighted by Gasteiger charge is -2.07. The third kappa shape index (κ3) is 3.85. The Morgan fingerprint density at radius 3 is 2.55 bits per heavy atom. The van der Waals surface area contributed by atoms with Crippen LogP contribution in [0.25, 0.3) is 6.08 Å². The van der Waals surface area contributed by atoms with Gasteiger partial charge in [-0.3, -0.25) is 10.1 Å². The minimum atomic E-state index is -0.219. The maximum atomic E-state index is 11.9. The van der Waals surface area contributed by atoms with Gasteiger partial charge in [-0.25, -0.2) is 4.98 Å². The number of ether oxygens (including phenoxy) is 2. The molecule has 1 aromatic heterocycles. The second-order valence-electron chi connectivity index (χ2n) is 4.60. The number of carbonyl (C=O) groups excluding carboxylic acids is 1. The van der Waals surface area contributed by atoms with Gasteiger partial charge in [-0.1, -0.05) is 6.07 Å². The van der Waals surface area contributed by atoms with Gasteiger partial charge in [0.25, 0.3) is 0 Å². The van der Waals surface area contributed by atoms with Crippen molar-refractivity contribution in [3.63, 3.8) is 0 Å². The van der Waals surface area contributed by atoms with Crippen molar-refractivity contribution in [2.45, 2.75) is 13.8 Å². The Hall–Kier alpha value is -2.34. The predicted molar refractivity (Wildman–Crippen MR) is 88.8 cm³/mol. The number of anilines is 1. The van der Waals surface area contributed by atoms with Gasteiger partial charge in [-0.2, -0.15) is 0 Å². The maximum Gasteiger partial charge on any atom is 0.250 e. The molecule has 1 heterocycles. The highest BCUT2D eigenvalue weighted by atomic mass is 32.1. The summed E-state index contributed by atoms with van der Waals surface area (Å²) in [4.78, 5) is 17.3. The third-order valence-corrected chi connectivity index (χ3v) is 4.08. The average molecular weight is 318 g/mol. The van der Waals surface area contributed by atoms with Crippen molar-refractivity contribution >= 4 is 28.5 Å². The number of benzene rings is 1. The molecule has 2 aromatic rings. The van der Waals surface area contributed by atoms with Gasteiger partial charge in [0.15, 0.2) is 16.6 Å². The zero-order valence-corrected chi connectivity index (χ0v) is 13.8. The summed E-state index contributed by atoms with van der Waals surface area (Å²) in [5.41, 5.74) is 1.78. The summed E-state index contributed by atoms with van der Waals surface area (Å²) in [5, 5.41) is 3.36. The summed E-state index contributed by atoms with van der Waals surface area (Å²) >= 11 is 1.46. The molecule has 1 N–H and O–H groups in total. The van der Waals surface area contributed by atoms with Gasteiger partial charge in [0.05, 0.1) is 19.9 Å². The van der Waals surface area contributed by atoms with Crippen molar-refractivity contribution in [1.29, 1.82) is 0 Å². The van der Waals surface area contributed by atoms with E-state index in [9.17, 15) is 4.79 Å². The summed E-state index contributed by atoms with van der Waals surface area (Å²) < 4.78 is 10.4. The zero-order chi connectivity index (χ0) is 16.1. The van der Waals surface area contributed by atoms with E-state index in [0.717, 1.165) is 16.1 Å². The summed E-state index contributed by atoms with van der Waals surface area (Å²) in [7, 11) is 3.16. The number of thiazole rings is 1. The Kier molecular flexibility index (Phi) is 5.16. The topological polar surface area (TPSA) is 60.5 Å². The van der Waals surface area contributed by atoms with Crippen LogP contribution in [0.1, 0.15) is 16.1 Å². The van der Waals surface area contributed by atoms with Crippen molar-refractivity contribution in [3.8, 4) is 11.5 Å². The second kappa shape index (κ2) is 7.09. The lowest BCUT2D eigenvalue weighted by atomic mass is 10.2. The van der Waals surface area contributed by atoms with Crippen molar-refractivity contribution in [1.82, 2.24) is 4.98 Å². The van der Waals surface area contributed by atoms with Crippen molar-refractivity contribution in [2.24, 2.45) is 0 Å². The van der Waals surface area contributed by atoms with Crippen LogP contribution in [0.4, 0.5) is 5.13 Å². The number of aromatic nitrogens is 1. The monoisotopic (exact) mass is 318 g/mol. The number of aryl methyl sites for hydroxylation is 2. The van der Waals surface area contributed by atoms with E-state index in [1.807, 2.05) is 19.9 Å². The largest absolute Gasteiger partial charge is 0.493 e. The van der Waals surface area contributed by atoms with Crippen molar-refractivity contribution < 1.29 is 14.3 Å². The molecule has 0 unspecified atom stereocenters. The Morgan fingerprint density at radius 2 is 1.95 bits per heavy atom. The Morgan fingerprint density at radius 1 is 1.23 bits per heavy atom. The normalized spacial score (nSPS) is 10.7. The number of nitrogens with one attached hydrogen (secondary N) is 1. The minimum Gasteiger partial charge on any atom is -0.493 e. The SMILES string of the molecule is COc1ccc(/C=C\C(=O)Nc2nc(C)c(C)s2)cc1OC. The molecule has 0 atom stereocenters. The van der Waals surface area contributed by atoms with Crippen LogP contribution in [0.15, 0.2) is 24.3 Å². The quantitative estimate of drug-likeness (QED) is 0.858. The van der Waals surface area contributed by atoms with Gasteiger partial charge in [0.1, 0.15) is 0 Å². The number of rotatable bonds is 5. The first kappa shape index (κ1) is 16.0. The zero-order valence-electron chi connectivity index (χ0n) is 13.0. The van der Waals surface area contributed by atoms with Gasteiger partial charge in [-0.15, -0.1) is 11.3 Å². The van der Waals surface area contributed by atoms with Gasteiger partial charge in [0.2, 0.25) is 5.91 Å². The minimum absolute atomic E-state index is 0.219.